The fraction of sp³-hybridized carbons (Fsp3) is 0.529. The van der Waals surface area contributed by atoms with Crippen molar-refractivity contribution in [1.29, 1.82) is 0 Å². The minimum absolute atomic E-state index is 0.124. The predicted molar refractivity (Wildman–Crippen MR) is 85.9 cm³/mol. The van der Waals surface area contributed by atoms with Crippen LogP contribution in [0, 0.1) is 5.82 Å². The van der Waals surface area contributed by atoms with Crippen LogP contribution in [0.3, 0.4) is 0 Å². The van der Waals surface area contributed by atoms with Crippen molar-refractivity contribution in [3.63, 3.8) is 0 Å². The molecular formula is C17H21ClFNO3. The van der Waals surface area contributed by atoms with E-state index in [1.807, 2.05) is 0 Å². The van der Waals surface area contributed by atoms with Crippen molar-refractivity contribution in [3.8, 4) is 0 Å². The first-order valence-electron chi connectivity index (χ1n) is 7.94. The SMILES string of the molecule is C[C@H](OC(=O)c1ccc(Cl)cc1F)C(=O)NC1CCCCCC1. The molecule has 0 spiro atoms. The van der Waals surface area contributed by atoms with Crippen LogP contribution in [0.2, 0.25) is 5.02 Å². The molecule has 1 aromatic carbocycles. The Morgan fingerprint density at radius 2 is 1.91 bits per heavy atom. The first-order valence-corrected chi connectivity index (χ1v) is 8.31. The number of benzene rings is 1. The van der Waals surface area contributed by atoms with E-state index < -0.39 is 17.9 Å². The molecule has 0 radical (unpaired) electrons. The maximum Gasteiger partial charge on any atom is 0.341 e. The molecule has 126 valence electrons. The average Bonchev–Trinajstić information content (AvgIpc) is 2.75. The molecule has 1 fully saturated rings. The zero-order valence-corrected chi connectivity index (χ0v) is 13.9. The molecule has 6 heteroatoms. The molecule has 0 heterocycles. The first-order chi connectivity index (χ1) is 11.0. The molecule has 23 heavy (non-hydrogen) atoms. The molecule has 2 rings (SSSR count). The highest BCUT2D eigenvalue weighted by molar-refractivity contribution is 6.30. The average molecular weight is 342 g/mol. The van der Waals surface area contributed by atoms with Gasteiger partial charge in [-0.15, -0.1) is 0 Å². The van der Waals surface area contributed by atoms with E-state index in [1.54, 1.807) is 0 Å². The summed E-state index contributed by atoms with van der Waals surface area (Å²) in [6.07, 6.45) is 5.47. The van der Waals surface area contributed by atoms with Gasteiger partial charge >= 0.3 is 5.97 Å². The zero-order valence-electron chi connectivity index (χ0n) is 13.1. The summed E-state index contributed by atoms with van der Waals surface area (Å²) in [4.78, 5) is 24.1. The van der Waals surface area contributed by atoms with Gasteiger partial charge in [-0.2, -0.15) is 0 Å². The summed E-state index contributed by atoms with van der Waals surface area (Å²) in [6.45, 7) is 1.48. The topological polar surface area (TPSA) is 55.4 Å². The Bertz CT molecular complexity index is 571. The maximum atomic E-state index is 13.7. The molecule has 4 nitrogen and oxygen atoms in total. The number of hydrogen-bond donors (Lipinski definition) is 1. The minimum atomic E-state index is -0.971. The Balaban J connectivity index is 1.90. The molecule has 0 aromatic heterocycles. The molecule has 1 aromatic rings. The van der Waals surface area contributed by atoms with Gasteiger partial charge in [-0.3, -0.25) is 4.79 Å². The van der Waals surface area contributed by atoms with Crippen LogP contribution in [0.5, 0.6) is 0 Å². The molecule has 1 aliphatic carbocycles. The van der Waals surface area contributed by atoms with Crippen molar-refractivity contribution in [2.75, 3.05) is 0 Å². The third-order valence-corrected chi connectivity index (χ3v) is 4.24. The van der Waals surface area contributed by atoms with E-state index in [1.165, 1.54) is 31.9 Å². The van der Waals surface area contributed by atoms with Gasteiger partial charge in [0.25, 0.3) is 5.91 Å². The number of carbonyl (C=O) groups excluding carboxylic acids is 2. The number of hydrogen-bond acceptors (Lipinski definition) is 3. The van der Waals surface area contributed by atoms with Crippen LogP contribution in [0.1, 0.15) is 55.8 Å². The number of esters is 1. The van der Waals surface area contributed by atoms with Crippen LogP contribution < -0.4 is 5.32 Å². The first kappa shape index (κ1) is 17.7. The molecule has 1 atom stereocenters. The fourth-order valence-corrected chi connectivity index (χ4v) is 2.83. The van der Waals surface area contributed by atoms with Crippen molar-refractivity contribution in [3.05, 3.63) is 34.6 Å². The van der Waals surface area contributed by atoms with Gasteiger partial charge in [0.05, 0.1) is 5.56 Å². The van der Waals surface area contributed by atoms with E-state index in [0.717, 1.165) is 31.7 Å². The number of carbonyl (C=O) groups is 2. The quantitative estimate of drug-likeness (QED) is 0.668. The lowest BCUT2D eigenvalue weighted by Crippen LogP contribution is -2.41. The number of halogens is 2. The van der Waals surface area contributed by atoms with Crippen LogP contribution in [-0.4, -0.2) is 24.0 Å². The molecule has 0 saturated heterocycles. The molecule has 1 saturated carbocycles. The summed E-state index contributed by atoms with van der Waals surface area (Å²) in [5.74, 6) is -1.99. The van der Waals surface area contributed by atoms with Gasteiger partial charge in [-0.1, -0.05) is 37.3 Å². The van der Waals surface area contributed by atoms with Crippen LogP contribution in [0.25, 0.3) is 0 Å². The maximum absolute atomic E-state index is 13.7. The second-order valence-electron chi connectivity index (χ2n) is 5.87. The summed E-state index contributed by atoms with van der Waals surface area (Å²) in [7, 11) is 0. The van der Waals surface area contributed by atoms with Gasteiger partial charge in [-0.05, 0) is 38.0 Å². The van der Waals surface area contributed by atoms with Crippen molar-refractivity contribution >= 4 is 23.5 Å². The smallest absolute Gasteiger partial charge is 0.341 e. The summed E-state index contributed by atoms with van der Waals surface area (Å²) in [5.41, 5.74) is -0.233. The van der Waals surface area contributed by atoms with Gasteiger partial charge in [-0.25, -0.2) is 9.18 Å². The number of ether oxygens (including phenoxy) is 1. The lowest BCUT2D eigenvalue weighted by atomic mass is 10.1. The molecule has 1 aliphatic rings. The third-order valence-electron chi connectivity index (χ3n) is 4.01. The zero-order chi connectivity index (χ0) is 16.8. The Kier molecular flexibility index (Phi) is 6.39. The summed E-state index contributed by atoms with van der Waals surface area (Å²) >= 11 is 5.64. The van der Waals surface area contributed by atoms with Crippen molar-refractivity contribution in [2.24, 2.45) is 0 Å². The lowest BCUT2D eigenvalue weighted by molar-refractivity contribution is -0.129. The summed E-state index contributed by atoms with van der Waals surface area (Å²) in [5, 5.41) is 3.10. The predicted octanol–water partition coefficient (Wildman–Crippen LogP) is 3.86. The Hall–Kier alpha value is -1.62. The summed E-state index contributed by atoms with van der Waals surface area (Å²) in [6, 6.07) is 3.81. The van der Waals surface area contributed by atoms with Gasteiger partial charge in [0.15, 0.2) is 6.10 Å². The van der Waals surface area contributed by atoms with Crippen LogP contribution in [0.15, 0.2) is 18.2 Å². The Labute approximate surface area is 140 Å². The highest BCUT2D eigenvalue weighted by Crippen LogP contribution is 2.18. The second-order valence-corrected chi connectivity index (χ2v) is 6.31. The standard InChI is InChI=1S/C17H21ClFNO3/c1-11(16(21)20-13-6-4-2-3-5-7-13)23-17(22)14-9-8-12(18)10-15(14)19/h8-11,13H,2-7H2,1H3,(H,20,21)/t11-/m0/s1. The second kappa shape index (κ2) is 8.29. The van der Waals surface area contributed by atoms with E-state index in [2.05, 4.69) is 5.32 Å². The highest BCUT2D eigenvalue weighted by Gasteiger charge is 2.23. The molecule has 0 unspecified atom stereocenters. The van der Waals surface area contributed by atoms with Crippen LogP contribution >= 0.6 is 11.6 Å². The van der Waals surface area contributed by atoms with Gasteiger partial charge in [0.1, 0.15) is 5.82 Å². The number of rotatable bonds is 4. The highest BCUT2D eigenvalue weighted by atomic mass is 35.5. The van der Waals surface area contributed by atoms with E-state index in [4.69, 9.17) is 16.3 Å². The number of amides is 1. The Morgan fingerprint density at radius 3 is 2.52 bits per heavy atom. The van der Waals surface area contributed by atoms with Crippen molar-refractivity contribution in [2.45, 2.75) is 57.6 Å². The molecular weight excluding hydrogens is 321 g/mol. The monoisotopic (exact) mass is 341 g/mol. The Morgan fingerprint density at radius 1 is 1.26 bits per heavy atom. The van der Waals surface area contributed by atoms with Crippen LogP contribution in [-0.2, 0) is 9.53 Å². The normalized spacial score (nSPS) is 17.2. The van der Waals surface area contributed by atoms with E-state index >= 15 is 0 Å². The third kappa shape index (κ3) is 5.20. The van der Waals surface area contributed by atoms with E-state index in [-0.39, 0.29) is 22.5 Å². The largest absolute Gasteiger partial charge is 0.449 e. The fourth-order valence-electron chi connectivity index (χ4n) is 2.67. The molecule has 0 bridgehead atoms. The lowest BCUT2D eigenvalue weighted by Gasteiger charge is -2.19. The van der Waals surface area contributed by atoms with Crippen LogP contribution in [0.4, 0.5) is 4.39 Å². The van der Waals surface area contributed by atoms with Crippen molar-refractivity contribution in [1.82, 2.24) is 5.32 Å². The molecule has 0 aliphatic heterocycles. The van der Waals surface area contributed by atoms with Crippen molar-refractivity contribution < 1.29 is 18.7 Å². The molecule has 1 amide bonds. The van der Waals surface area contributed by atoms with Gasteiger partial charge in [0, 0.05) is 11.1 Å². The number of nitrogens with one attached hydrogen (secondary N) is 1. The van der Waals surface area contributed by atoms with Gasteiger partial charge in [0.2, 0.25) is 0 Å². The van der Waals surface area contributed by atoms with Gasteiger partial charge < -0.3 is 10.1 Å². The van der Waals surface area contributed by atoms with E-state index in [0.29, 0.717) is 0 Å². The van der Waals surface area contributed by atoms with E-state index in [9.17, 15) is 14.0 Å². The summed E-state index contributed by atoms with van der Waals surface area (Å²) < 4.78 is 18.7. The minimum Gasteiger partial charge on any atom is -0.449 e. The molecule has 1 N–H and O–H groups in total.